The summed E-state index contributed by atoms with van der Waals surface area (Å²) in [5.41, 5.74) is 5.32. The number of carboxylic acids is 1. The molecule has 0 aromatic carbocycles. The van der Waals surface area contributed by atoms with Gasteiger partial charge in [-0.2, -0.15) is 0 Å². The molecule has 1 aliphatic heterocycles. The van der Waals surface area contributed by atoms with Gasteiger partial charge in [0.15, 0.2) is 0 Å². The van der Waals surface area contributed by atoms with Crippen LogP contribution in [0.15, 0.2) is 0 Å². The number of amides is 1. The minimum atomic E-state index is -0.801. The summed E-state index contributed by atoms with van der Waals surface area (Å²) in [5.74, 6) is -1.14. The minimum Gasteiger partial charge on any atom is -0.481 e. The largest absolute Gasteiger partial charge is 0.481 e. The van der Waals surface area contributed by atoms with Crippen LogP contribution in [0.1, 0.15) is 46.5 Å². The van der Waals surface area contributed by atoms with Crippen molar-refractivity contribution in [3.8, 4) is 0 Å². The summed E-state index contributed by atoms with van der Waals surface area (Å²) in [4.78, 5) is 25.1. The van der Waals surface area contributed by atoms with Crippen LogP contribution in [0.2, 0.25) is 0 Å². The van der Waals surface area contributed by atoms with Gasteiger partial charge in [0.25, 0.3) is 0 Å². The van der Waals surface area contributed by atoms with Crippen LogP contribution in [0.25, 0.3) is 0 Å². The molecule has 0 saturated carbocycles. The summed E-state index contributed by atoms with van der Waals surface area (Å²) >= 11 is 0. The standard InChI is InChI=1S/C13H24N2O3/c1-4-13(14,5-2)12(18)15-7-6-10(11(16)17)8-9(15)3/h9-10H,4-8,14H2,1-3H3,(H,16,17). The lowest BCUT2D eigenvalue weighted by molar-refractivity contribution is -0.149. The molecule has 18 heavy (non-hydrogen) atoms. The number of rotatable bonds is 4. The first kappa shape index (κ1) is 15.0. The van der Waals surface area contributed by atoms with Crippen LogP contribution in [0.4, 0.5) is 0 Å². The topological polar surface area (TPSA) is 83.6 Å². The quantitative estimate of drug-likeness (QED) is 0.792. The molecule has 104 valence electrons. The summed E-state index contributed by atoms with van der Waals surface area (Å²) in [5, 5.41) is 9.00. The fourth-order valence-corrected chi connectivity index (χ4v) is 2.54. The number of carbonyl (C=O) groups excluding carboxylic acids is 1. The molecule has 2 unspecified atom stereocenters. The number of carbonyl (C=O) groups is 2. The number of nitrogens with two attached hydrogens (primary N) is 1. The Kier molecular flexibility index (Phi) is 4.73. The normalized spacial score (nSPS) is 25.0. The van der Waals surface area contributed by atoms with Gasteiger partial charge in [0.1, 0.15) is 0 Å². The van der Waals surface area contributed by atoms with E-state index in [2.05, 4.69) is 0 Å². The molecule has 1 saturated heterocycles. The molecule has 1 aliphatic rings. The Morgan fingerprint density at radius 2 is 1.94 bits per heavy atom. The monoisotopic (exact) mass is 256 g/mol. The van der Waals surface area contributed by atoms with Crippen molar-refractivity contribution in [3.63, 3.8) is 0 Å². The van der Waals surface area contributed by atoms with Gasteiger partial charge >= 0.3 is 5.97 Å². The molecule has 0 bridgehead atoms. The van der Waals surface area contributed by atoms with Crippen molar-refractivity contribution in [2.75, 3.05) is 6.54 Å². The second-order valence-corrected chi connectivity index (χ2v) is 5.27. The Labute approximate surface area is 108 Å². The maximum atomic E-state index is 12.4. The first-order valence-corrected chi connectivity index (χ1v) is 6.68. The number of likely N-dealkylation sites (tertiary alicyclic amines) is 1. The lowest BCUT2D eigenvalue weighted by Crippen LogP contribution is -2.58. The van der Waals surface area contributed by atoms with Crippen molar-refractivity contribution in [2.45, 2.75) is 58.0 Å². The van der Waals surface area contributed by atoms with E-state index in [1.807, 2.05) is 20.8 Å². The second-order valence-electron chi connectivity index (χ2n) is 5.27. The van der Waals surface area contributed by atoms with E-state index in [0.29, 0.717) is 32.2 Å². The van der Waals surface area contributed by atoms with Crippen LogP contribution in [-0.4, -0.2) is 40.0 Å². The van der Waals surface area contributed by atoms with Gasteiger partial charge in [-0.25, -0.2) is 0 Å². The smallest absolute Gasteiger partial charge is 0.306 e. The van der Waals surface area contributed by atoms with E-state index >= 15 is 0 Å². The number of hydrogen-bond donors (Lipinski definition) is 2. The molecule has 0 aliphatic carbocycles. The van der Waals surface area contributed by atoms with E-state index in [4.69, 9.17) is 10.8 Å². The lowest BCUT2D eigenvalue weighted by atomic mass is 9.87. The first-order valence-electron chi connectivity index (χ1n) is 6.68. The fraction of sp³-hybridized carbons (Fsp3) is 0.846. The Morgan fingerprint density at radius 3 is 2.33 bits per heavy atom. The predicted molar refractivity (Wildman–Crippen MR) is 69.0 cm³/mol. The maximum absolute atomic E-state index is 12.4. The van der Waals surface area contributed by atoms with Crippen molar-refractivity contribution in [2.24, 2.45) is 11.7 Å². The number of nitrogens with zero attached hydrogens (tertiary/aromatic N) is 1. The molecule has 5 heteroatoms. The third kappa shape index (κ3) is 2.83. The highest BCUT2D eigenvalue weighted by molar-refractivity contribution is 5.86. The SMILES string of the molecule is CCC(N)(CC)C(=O)N1CCC(C(=O)O)CC1C. The average molecular weight is 256 g/mol. The summed E-state index contributed by atoms with van der Waals surface area (Å²) < 4.78 is 0. The third-order valence-corrected chi connectivity index (χ3v) is 4.17. The van der Waals surface area contributed by atoms with Crippen LogP contribution in [0.5, 0.6) is 0 Å². The van der Waals surface area contributed by atoms with Crippen molar-refractivity contribution < 1.29 is 14.7 Å². The molecule has 1 fully saturated rings. The Hall–Kier alpha value is -1.10. The van der Waals surface area contributed by atoms with Crippen molar-refractivity contribution in [1.82, 2.24) is 4.90 Å². The van der Waals surface area contributed by atoms with E-state index in [1.165, 1.54) is 0 Å². The van der Waals surface area contributed by atoms with Gasteiger partial charge in [-0.3, -0.25) is 9.59 Å². The van der Waals surface area contributed by atoms with E-state index < -0.39 is 11.5 Å². The van der Waals surface area contributed by atoms with E-state index in [9.17, 15) is 9.59 Å². The molecular formula is C13H24N2O3. The van der Waals surface area contributed by atoms with Crippen LogP contribution in [0.3, 0.4) is 0 Å². The van der Waals surface area contributed by atoms with Crippen LogP contribution < -0.4 is 5.73 Å². The first-order chi connectivity index (χ1) is 8.35. The van der Waals surface area contributed by atoms with Gasteiger partial charge < -0.3 is 15.7 Å². The molecule has 2 atom stereocenters. The van der Waals surface area contributed by atoms with E-state index in [1.54, 1.807) is 4.90 Å². The van der Waals surface area contributed by atoms with Gasteiger partial charge in [-0.05, 0) is 32.6 Å². The number of aliphatic carboxylic acids is 1. The molecule has 1 rings (SSSR count). The molecular weight excluding hydrogens is 232 g/mol. The highest BCUT2D eigenvalue weighted by Crippen LogP contribution is 2.26. The van der Waals surface area contributed by atoms with Crippen molar-refractivity contribution in [1.29, 1.82) is 0 Å². The molecule has 1 heterocycles. The summed E-state index contributed by atoms with van der Waals surface area (Å²) in [7, 11) is 0. The Morgan fingerprint density at radius 1 is 1.39 bits per heavy atom. The fourth-order valence-electron chi connectivity index (χ4n) is 2.54. The third-order valence-electron chi connectivity index (χ3n) is 4.17. The van der Waals surface area contributed by atoms with Gasteiger partial charge in [0, 0.05) is 12.6 Å². The molecule has 0 aromatic rings. The zero-order valence-corrected chi connectivity index (χ0v) is 11.5. The van der Waals surface area contributed by atoms with Crippen LogP contribution in [0, 0.1) is 5.92 Å². The van der Waals surface area contributed by atoms with Gasteiger partial charge in [0.2, 0.25) is 5.91 Å². The molecule has 0 aromatic heterocycles. The van der Waals surface area contributed by atoms with Gasteiger partial charge in [-0.1, -0.05) is 13.8 Å². The number of piperidine rings is 1. The molecule has 1 amide bonds. The molecule has 3 N–H and O–H groups in total. The summed E-state index contributed by atoms with van der Waals surface area (Å²) in [6, 6.07) is -0.0478. The summed E-state index contributed by atoms with van der Waals surface area (Å²) in [6.45, 7) is 6.22. The molecule has 5 nitrogen and oxygen atoms in total. The maximum Gasteiger partial charge on any atom is 0.306 e. The molecule has 0 spiro atoms. The average Bonchev–Trinajstić information content (AvgIpc) is 2.36. The summed E-state index contributed by atoms with van der Waals surface area (Å²) in [6.07, 6.45) is 2.25. The second kappa shape index (κ2) is 5.69. The lowest BCUT2D eigenvalue weighted by Gasteiger charge is -2.41. The van der Waals surface area contributed by atoms with Crippen LogP contribution >= 0.6 is 0 Å². The highest BCUT2D eigenvalue weighted by atomic mass is 16.4. The van der Waals surface area contributed by atoms with Crippen molar-refractivity contribution in [3.05, 3.63) is 0 Å². The Bertz CT molecular complexity index is 326. The van der Waals surface area contributed by atoms with Crippen molar-refractivity contribution >= 4 is 11.9 Å². The van der Waals surface area contributed by atoms with E-state index in [-0.39, 0.29) is 17.9 Å². The van der Waals surface area contributed by atoms with Gasteiger partial charge in [0.05, 0.1) is 11.5 Å². The highest BCUT2D eigenvalue weighted by Gasteiger charge is 2.39. The number of carboxylic acid groups (broad SMARTS) is 1. The predicted octanol–water partition coefficient (Wildman–Crippen LogP) is 1.22. The molecule has 0 radical (unpaired) electrons. The minimum absolute atomic E-state index is 0.0381. The zero-order valence-electron chi connectivity index (χ0n) is 11.5. The van der Waals surface area contributed by atoms with E-state index in [0.717, 1.165) is 0 Å². The zero-order chi connectivity index (χ0) is 13.9. The van der Waals surface area contributed by atoms with Gasteiger partial charge in [-0.15, -0.1) is 0 Å². The van der Waals surface area contributed by atoms with Crippen LogP contribution in [-0.2, 0) is 9.59 Å². The Balaban J connectivity index is 2.75. The number of hydrogen-bond acceptors (Lipinski definition) is 3.